The maximum absolute atomic E-state index is 2.28. The lowest BCUT2D eigenvalue weighted by Gasteiger charge is -2.00. The van der Waals surface area contributed by atoms with Crippen LogP contribution in [0.5, 0.6) is 0 Å². The lowest BCUT2D eigenvalue weighted by molar-refractivity contribution is 0.586. The quantitative estimate of drug-likeness (QED) is 0.341. The van der Waals surface area contributed by atoms with Crippen LogP contribution in [0.2, 0.25) is 0 Å². The van der Waals surface area contributed by atoms with Crippen LogP contribution in [0.4, 0.5) is 0 Å². The summed E-state index contributed by atoms with van der Waals surface area (Å²) in [6, 6.07) is 0. The Bertz CT molecular complexity index is 71.2. The highest BCUT2D eigenvalue weighted by Crippen LogP contribution is 2.14. The van der Waals surface area contributed by atoms with Gasteiger partial charge in [-0.3, -0.25) is 0 Å². The first-order chi connectivity index (χ1) is 6.41. The van der Waals surface area contributed by atoms with E-state index in [4.69, 9.17) is 0 Å². The van der Waals surface area contributed by atoms with Gasteiger partial charge in [0, 0.05) is 0 Å². The molecule has 0 aromatic carbocycles. The second-order valence-electron chi connectivity index (χ2n) is 3.74. The minimum absolute atomic E-state index is 1.34. The zero-order valence-electron chi connectivity index (χ0n) is 9.52. The Balaban J connectivity index is 2.76. The molecule has 79 valence electrons. The van der Waals surface area contributed by atoms with Gasteiger partial charge in [-0.25, -0.2) is 0 Å². The normalized spacial score (nSPS) is 11.5. The standard InChI is InChI=1S/C12H26P/c1-3-5-6-7-8-9-10-11-12-13-4-2/h3-12H2,1-2H3. The zero-order chi connectivity index (χ0) is 9.78. The Morgan fingerprint density at radius 3 is 1.77 bits per heavy atom. The van der Waals surface area contributed by atoms with Gasteiger partial charge < -0.3 is 0 Å². The zero-order valence-corrected chi connectivity index (χ0v) is 10.4. The average Bonchev–Trinajstić information content (AvgIpc) is 2.16. The van der Waals surface area contributed by atoms with E-state index < -0.39 is 0 Å². The Kier molecular flexibility index (Phi) is 12.8. The number of hydrogen-bond donors (Lipinski definition) is 0. The fourth-order valence-electron chi connectivity index (χ4n) is 1.52. The van der Waals surface area contributed by atoms with Crippen LogP contribution in [0.1, 0.15) is 65.2 Å². The number of unbranched alkanes of at least 4 members (excludes halogenated alkanes) is 7. The van der Waals surface area contributed by atoms with Crippen molar-refractivity contribution in [2.45, 2.75) is 65.2 Å². The van der Waals surface area contributed by atoms with Crippen LogP contribution in [-0.2, 0) is 0 Å². The smallest absolute Gasteiger partial charge is 0.0287 e. The van der Waals surface area contributed by atoms with E-state index in [1.807, 2.05) is 0 Å². The molecule has 0 atom stereocenters. The summed E-state index contributed by atoms with van der Waals surface area (Å²) >= 11 is 0. The Hall–Kier alpha value is 0.430. The van der Waals surface area contributed by atoms with Gasteiger partial charge in [0.1, 0.15) is 0 Å². The molecule has 1 heteroatoms. The second kappa shape index (κ2) is 12.4. The third kappa shape index (κ3) is 12.4. The van der Waals surface area contributed by atoms with Crippen LogP contribution in [-0.4, -0.2) is 12.3 Å². The number of hydrogen-bond acceptors (Lipinski definition) is 0. The van der Waals surface area contributed by atoms with E-state index in [2.05, 4.69) is 13.8 Å². The molecule has 0 aliphatic carbocycles. The molecule has 0 saturated heterocycles. The first-order valence-corrected chi connectivity index (χ1v) is 7.31. The molecule has 0 N–H and O–H groups in total. The van der Waals surface area contributed by atoms with Crippen LogP contribution in [0.25, 0.3) is 0 Å². The van der Waals surface area contributed by atoms with Gasteiger partial charge in [-0.15, -0.1) is 0 Å². The molecule has 0 saturated carbocycles. The van der Waals surface area contributed by atoms with Gasteiger partial charge in [0.2, 0.25) is 0 Å². The summed E-state index contributed by atoms with van der Waals surface area (Å²) in [5.74, 6) is 0. The largest absolute Gasteiger partial charge is 0.0813 e. The molecule has 0 nitrogen and oxygen atoms in total. The van der Waals surface area contributed by atoms with Crippen LogP contribution < -0.4 is 0 Å². The third-order valence-electron chi connectivity index (χ3n) is 2.39. The molecule has 0 aliphatic rings. The van der Waals surface area contributed by atoms with Crippen molar-refractivity contribution in [3.05, 3.63) is 0 Å². The summed E-state index contributed by atoms with van der Waals surface area (Å²) in [5, 5.41) is 0. The molecular weight excluding hydrogens is 175 g/mol. The summed E-state index contributed by atoms with van der Waals surface area (Å²) < 4.78 is 0. The molecule has 0 aliphatic heterocycles. The van der Waals surface area contributed by atoms with Gasteiger partial charge in [0.15, 0.2) is 0 Å². The van der Waals surface area contributed by atoms with Crippen molar-refractivity contribution in [3.63, 3.8) is 0 Å². The Morgan fingerprint density at radius 1 is 0.692 bits per heavy atom. The summed E-state index contributed by atoms with van der Waals surface area (Å²) in [5.41, 5.74) is 0. The van der Waals surface area contributed by atoms with E-state index >= 15 is 0 Å². The van der Waals surface area contributed by atoms with Crippen LogP contribution >= 0.6 is 8.58 Å². The van der Waals surface area contributed by atoms with Gasteiger partial charge in [-0.05, 0) is 18.7 Å². The molecule has 0 rings (SSSR count). The van der Waals surface area contributed by atoms with E-state index in [0.29, 0.717) is 0 Å². The SMILES string of the molecule is CCCCCCCCCC[P]CC. The fraction of sp³-hybridized carbons (Fsp3) is 1.00. The third-order valence-corrected chi connectivity index (χ3v) is 3.47. The minimum atomic E-state index is 1.34. The maximum Gasteiger partial charge on any atom is -0.0287 e. The molecule has 1 radical (unpaired) electrons. The van der Waals surface area contributed by atoms with E-state index in [-0.39, 0.29) is 0 Å². The van der Waals surface area contributed by atoms with E-state index in [1.54, 1.807) is 8.58 Å². The lowest BCUT2D eigenvalue weighted by atomic mass is 10.1. The van der Waals surface area contributed by atoms with Gasteiger partial charge in [-0.1, -0.05) is 67.4 Å². The first-order valence-electron chi connectivity index (χ1n) is 6.05. The summed E-state index contributed by atoms with van der Waals surface area (Å²) in [6.07, 6.45) is 14.4. The molecule has 0 spiro atoms. The van der Waals surface area contributed by atoms with Crippen LogP contribution in [0.15, 0.2) is 0 Å². The summed E-state index contributed by atoms with van der Waals surface area (Å²) in [6.45, 7) is 4.55. The van der Waals surface area contributed by atoms with Crippen molar-refractivity contribution in [1.82, 2.24) is 0 Å². The molecule has 13 heavy (non-hydrogen) atoms. The highest BCUT2D eigenvalue weighted by atomic mass is 31.1. The van der Waals surface area contributed by atoms with Gasteiger partial charge >= 0.3 is 0 Å². The first kappa shape index (κ1) is 13.4. The monoisotopic (exact) mass is 201 g/mol. The van der Waals surface area contributed by atoms with Crippen molar-refractivity contribution < 1.29 is 0 Å². The van der Waals surface area contributed by atoms with Gasteiger partial charge in [-0.2, -0.15) is 0 Å². The molecule has 0 aromatic heterocycles. The minimum Gasteiger partial charge on any atom is -0.0813 e. The molecule has 0 aromatic rings. The van der Waals surface area contributed by atoms with Crippen molar-refractivity contribution in [3.8, 4) is 0 Å². The molecule has 0 unspecified atom stereocenters. The van der Waals surface area contributed by atoms with E-state index in [1.165, 1.54) is 63.7 Å². The summed E-state index contributed by atoms with van der Waals surface area (Å²) in [7, 11) is 1.65. The molecule has 0 fully saturated rings. The Labute approximate surface area is 86.7 Å². The molecular formula is C12H26P. The fourth-order valence-corrected chi connectivity index (χ4v) is 2.28. The second-order valence-corrected chi connectivity index (χ2v) is 5.27. The highest BCUT2D eigenvalue weighted by Gasteiger charge is 1.91. The highest BCUT2D eigenvalue weighted by molar-refractivity contribution is 7.37. The van der Waals surface area contributed by atoms with Crippen LogP contribution in [0.3, 0.4) is 0 Å². The van der Waals surface area contributed by atoms with E-state index in [0.717, 1.165) is 0 Å². The number of rotatable bonds is 10. The van der Waals surface area contributed by atoms with E-state index in [9.17, 15) is 0 Å². The van der Waals surface area contributed by atoms with Crippen molar-refractivity contribution in [2.24, 2.45) is 0 Å². The van der Waals surface area contributed by atoms with Crippen molar-refractivity contribution in [1.29, 1.82) is 0 Å². The molecule has 0 amide bonds. The van der Waals surface area contributed by atoms with Gasteiger partial charge in [0.05, 0.1) is 0 Å². The topological polar surface area (TPSA) is 0 Å². The van der Waals surface area contributed by atoms with Crippen LogP contribution in [0, 0.1) is 0 Å². The molecule has 0 bridgehead atoms. The summed E-state index contributed by atoms with van der Waals surface area (Å²) in [4.78, 5) is 0. The lowest BCUT2D eigenvalue weighted by Crippen LogP contribution is -1.82. The van der Waals surface area contributed by atoms with Crippen molar-refractivity contribution in [2.75, 3.05) is 12.3 Å². The average molecular weight is 201 g/mol. The maximum atomic E-state index is 2.28. The molecule has 0 heterocycles. The Morgan fingerprint density at radius 2 is 1.23 bits per heavy atom. The predicted molar refractivity (Wildman–Crippen MR) is 64.9 cm³/mol. The van der Waals surface area contributed by atoms with Crippen molar-refractivity contribution >= 4 is 8.58 Å². The predicted octanol–water partition coefficient (Wildman–Crippen LogP) is 5.09. The van der Waals surface area contributed by atoms with Gasteiger partial charge in [0.25, 0.3) is 0 Å².